The van der Waals surface area contributed by atoms with Crippen molar-refractivity contribution in [2.75, 3.05) is 6.61 Å². The number of aryl methyl sites for hydroxylation is 1. The van der Waals surface area contributed by atoms with Crippen LogP contribution in [0, 0.1) is 5.82 Å². The van der Waals surface area contributed by atoms with E-state index in [0.29, 0.717) is 18.3 Å². The summed E-state index contributed by atoms with van der Waals surface area (Å²) in [6, 6.07) is 22.9. The van der Waals surface area contributed by atoms with E-state index < -0.39 is 0 Å². The number of hydrogen-bond donors (Lipinski definition) is 0. The van der Waals surface area contributed by atoms with E-state index in [0.717, 1.165) is 37.0 Å². The Morgan fingerprint density at radius 3 is 2.31 bits per heavy atom. The molecule has 0 radical (unpaired) electrons. The van der Waals surface area contributed by atoms with Crippen molar-refractivity contribution in [3.8, 4) is 17.2 Å². The number of para-hydroxylation sites is 1. The zero-order chi connectivity index (χ0) is 20.5. The molecular weight excluding hydrogens is 363 g/mol. The van der Waals surface area contributed by atoms with E-state index in [1.165, 1.54) is 11.6 Å². The highest BCUT2D eigenvalue weighted by Crippen LogP contribution is 2.29. The van der Waals surface area contributed by atoms with Gasteiger partial charge < -0.3 is 9.47 Å². The van der Waals surface area contributed by atoms with Crippen LogP contribution in [0.5, 0.6) is 17.2 Å². The SMILES string of the molecule is CCOc1ccc(C(CC)CCCc2ccc(F)c(Oc3ccccc3)c2)cc1. The third kappa shape index (κ3) is 6.08. The monoisotopic (exact) mass is 392 g/mol. The van der Waals surface area contributed by atoms with Crippen molar-refractivity contribution in [1.82, 2.24) is 0 Å². The van der Waals surface area contributed by atoms with Gasteiger partial charge in [-0.15, -0.1) is 0 Å². The molecule has 0 N–H and O–H groups in total. The minimum Gasteiger partial charge on any atom is -0.494 e. The summed E-state index contributed by atoms with van der Waals surface area (Å²) >= 11 is 0. The molecule has 152 valence electrons. The second-order valence-corrected chi connectivity index (χ2v) is 7.18. The van der Waals surface area contributed by atoms with Gasteiger partial charge in [0.25, 0.3) is 0 Å². The average molecular weight is 393 g/mol. The van der Waals surface area contributed by atoms with Crippen molar-refractivity contribution in [3.63, 3.8) is 0 Å². The van der Waals surface area contributed by atoms with E-state index in [4.69, 9.17) is 9.47 Å². The van der Waals surface area contributed by atoms with Gasteiger partial charge in [-0.1, -0.05) is 43.3 Å². The summed E-state index contributed by atoms with van der Waals surface area (Å²) in [4.78, 5) is 0. The molecule has 0 saturated heterocycles. The molecule has 0 aliphatic rings. The van der Waals surface area contributed by atoms with E-state index in [1.807, 2.05) is 49.4 Å². The quantitative estimate of drug-likeness (QED) is 0.355. The molecule has 1 unspecified atom stereocenters. The smallest absolute Gasteiger partial charge is 0.165 e. The van der Waals surface area contributed by atoms with Gasteiger partial charge in [-0.25, -0.2) is 4.39 Å². The Balaban J connectivity index is 1.58. The van der Waals surface area contributed by atoms with Gasteiger partial charge in [0, 0.05) is 0 Å². The number of benzene rings is 3. The minimum atomic E-state index is -0.335. The average Bonchev–Trinajstić information content (AvgIpc) is 2.75. The molecule has 0 fully saturated rings. The van der Waals surface area contributed by atoms with Crippen LogP contribution in [-0.2, 0) is 6.42 Å². The van der Waals surface area contributed by atoms with E-state index in [9.17, 15) is 4.39 Å². The fourth-order valence-electron chi connectivity index (χ4n) is 3.56. The molecule has 0 aliphatic heterocycles. The fourth-order valence-corrected chi connectivity index (χ4v) is 3.56. The van der Waals surface area contributed by atoms with Gasteiger partial charge in [0.1, 0.15) is 11.5 Å². The first-order chi connectivity index (χ1) is 14.2. The zero-order valence-corrected chi connectivity index (χ0v) is 17.2. The van der Waals surface area contributed by atoms with Crippen molar-refractivity contribution < 1.29 is 13.9 Å². The summed E-state index contributed by atoms with van der Waals surface area (Å²) in [5.74, 6) is 2.03. The Labute approximate surface area is 173 Å². The van der Waals surface area contributed by atoms with Gasteiger partial charge >= 0.3 is 0 Å². The maximum Gasteiger partial charge on any atom is 0.165 e. The van der Waals surface area contributed by atoms with Gasteiger partial charge in [-0.05, 0) is 86.1 Å². The summed E-state index contributed by atoms with van der Waals surface area (Å²) in [6.07, 6.45) is 4.14. The molecular formula is C26H29FO2. The molecule has 0 amide bonds. The van der Waals surface area contributed by atoms with Crippen molar-refractivity contribution in [2.45, 2.75) is 45.4 Å². The standard InChI is InChI=1S/C26H29FO2/c1-3-21(22-14-16-23(17-15-22)28-4-2)10-8-9-20-13-18-25(27)26(19-20)29-24-11-6-5-7-12-24/h5-7,11-19,21H,3-4,8-10H2,1-2H3. The van der Waals surface area contributed by atoms with Gasteiger partial charge in [-0.3, -0.25) is 0 Å². The highest BCUT2D eigenvalue weighted by molar-refractivity contribution is 5.35. The minimum absolute atomic E-state index is 0.284. The molecule has 0 aromatic heterocycles. The number of rotatable bonds is 10. The largest absolute Gasteiger partial charge is 0.494 e. The fraction of sp³-hybridized carbons (Fsp3) is 0.308. The molecule has 3 heteroatoms. The molecule has 3 aromatic rings. The maximum atomic E-state index is 14.1. The summed E-state index contributed by atoms with van der Waals surface area (Å²) in [6.45, 7) is 4.91. The third-order valence-corrected chi connectivity index (χ3v) is 5.14. The Morgan fingerprint density at radius 2 is 1.62 bits per heavy atom. The summed E-state index contributed by atoms with van der Waals surface area (Å²) in [5, 5.41) is 0. The van der Waals surface area contributed by atoms with Crippen LogP contribution in [0.2, 0.25) is 0 Å². The van der Waals surface area contributed by atoms with E-state index >= 15 is 0 Å². The molecule has 0 heterocycles. The normalized spacial score (nSPS) is 11.8. The topological polar surface area (TPSA) is 18.5 Å². The van der Waals surface area contributed by atoms with E-state index in [-0.39, 0.29) is 11.6 Å². The lowest BCUT2D eigenvalue weighted by Crippen LogP contribution is -2.00. The van der Waals surface area contributed by atoms with Gasteiger partial charge in [0.05, 0.1) is 6.61 Å². The van der Waals surface area contributed by atoms with Crippen LogP contribution in [0.25, 0.3) is 0 Å². The van der Waals surface area contributed by atoms with Crippen LogP contribution in [0.3, 0.4) is 0 Å². The molecule has 3 rings (SSSR count). The highest BCUT2D eigenvalue weighted by atomic mass is 19.1. The van der Waals surface area contributed by atoms with Crippen molar-refractivity contribution >= 4 is 0 Å². The highest BCUT2D eigenvalue weighted by Gasteiger charge is 2.11. The van der Waals surface area contributed by atoms with Crippen LogP contribution in [0.4, 0.5) is 4.39 Å². The first-order valence-corrected chi connectivity index (χ1v) is 10.4. The molecule has 1 atom stereocenters. The van der Waals surface area contributed by atoms with E-state index in [2.05, 4.69) is 31.2 Å². The maximum absolute atomic E-state index is 14.1. The number of hydrogen-bond acceptors (Lipinski definition) is 2. The molecule has 0 aliphatic carbocycles. The van der Waals surface area contributed by atoms with Gasteiger partial charge in [-0.2, -0.15) is 0 Å². The molecule has 29 heavy (non-hydrogen) atoms. The van der Waals surface area contributed by atoms with Crippen LogP contribution in [-0.4, -0.2) is 6.61 Å². The molecule has 3 aromatic carbocycles. The number of ether oxygens (including phenoxy) is 2. The summed E-state index contributed by atoms with van der Waals surface area (Å²) < 4.78 is 25.4. The predicted molar refractivity (Wildman–Crippen MR) is 116 cm³/mol. The lowest BCUT2D eigenvalue weighted by molar-refractivity contribution is 0.340. The second-order valence-electron chi connectivity index (χ2n) is 7.18. The lowest BCUT2D eigenvalue weighted by atomic mass is 9.90. The van der Waals surface area contributed by atoms with Crippen LogP contribution < -0.4 is 9.47 Å². The Kier molecular flexibility index (Phi) is 7.69. The first-order valence-electron chi connectivity index (χ1n) is 10.4. The van der Waals surface area contributed by atoms with Crippen molar-refractivity contribution in [1.29, 1.82) is 0 Å². The van der Waals surface area contributed by atoms with Crippen LogP contribution in [0.15, 0.2) is 72.8 Å². The van der Waals surface area contributed by atoms with Crippen molar-refractivity contribution in [3.05, 3.63) is 89.7 Å². The predicted octanol–water partition coefficient (Wildman–Crippen LogP) is 7.53. The van der Waals surface area contributed by atoms with Crippen LogP contribution >= 0.6 is 0 Å². The summed E-state index contributed by atoms with van der Waals surface area (Å²) in [5.41, 5.74) is 2.45. The number of halogens is 1. The van der Waals surface area contributed by atoms with Gasteiger partial charge in [0.15, 0.2) is 11.6 Å². The molecule has 2 nitrogen and oxygen atoms in total. The van der Waals surface area contributed by atoms with Gasteiger partial charge in [0.2, 0.25) is 0 Å². The van der Waals surface area contributed by atoms with E-state index in [1.54, 1.807) is 0 Å². The third-order valence-electron chi connectivity index (χ3n) is 5.14. The second kappa shape index (κ2) is 10.7. The Morgan fingerprint density at radius 1 is 0.862 bits per heavy atom. The van der Waals surface area contributed by atoms with Crippen LogP contribution in [0.1, 0.15) is 50.2 Å². The molecule has 0 saturated carbocycles. The molecule has 0 bridgehead atoms. The lowest BCUT2D eigenvalue weighted by Gasteiger charge is -2.16. The Hall–Kier alpha value is -2.81. The van der Waals surface area contributed by atoms with Crippen molar-refractivity contribution in [2.24, 2.45) is 0 Å². The summed E-state index contributed by atoms with van der Waals surface area (Å²) in [7, 11) is 0. The molecule has 0 spiro atoms. The zero-order valence-electron chi connectivity index (χ0n) is 17.2. The first kappa shape index (κ1) is 20.9. The Bertz CT molecular complexity index is 875.